The second kappa shape index (κ2) is 15.7. The van der Waals surface area contributed by atoms with Gasteiger partial charge in [0.05, 0.1) is 55.2 Å². The minimum Gasteiger partial charge on any atom is -0.411 e. The number of hydrogen-bond donors (Lipinski definition) is 0. The van der Waals surface area contributed by atoms with Crippen LogP contribution in [0.2, 0.25) is 18.1 Å². The Morgan fingerprint density at radius 2 is 1.30 bits per heavy atom. The monoisotopic (exact) mass is 678 g/mol. The summed E-state index contributed by atoms with van der Waals surface area (Å²) in [5.74, 6) is 0. The third-order valence-electron chi connectivity index (χ3n) is 9.54. The molecule has 2 fully saturated rings. The lowest BCUT2D eigenvalue weighted by atomic mass is 9.89. The largest absolute Gasteiger partial charge is 0.411 e. The van der Waals surface area contributed by atoms with E-state index in [4.69, 9.17) is 23.4 Å². The number of ether oxygens (including phenoxy) is 4. The molecule has 5 rings (SSSR count). The smallest absolute Gasteiger partial charge is 0.199 e. The van der Waals surface area contributed by atoms with E-state index < -0.39 is 18.2 Å². The minimum atomic E-state index is -3.57. The Bertz CT molecular complexity index is 1520. The maximum Gasteiger partial charge on any atom is 0.199 e. The Morgan fingerprint density at radius 1 is 0.766 bits per heavy atom. The van der Waals surface area contributed by atoms with Crippen LogP contribution in [0.4, 0.5) is 0 Å². The van der Waals surface area contributed by atoms with Gasteiger partial charge in [-0.15, -0.1) is 0 Å². The van der Waals surface area contributed by atoms with Gasteiger partial charge in [-0.05, 0) is 47.8 Å². The molecular weight excluding hydrogens is 629 g/mol. The van der Waals surface area contributed by atoms with Gasteiger partial charge in [-0.2, -0.15) is 0 Å². The second-order valence-electron chi connectivity index (χ2n) is 14.1. The summed E-state index contributed by atoms with van der Waals surface area (Å²) in [6, 6.07) is 28.7. The first-order valence-electron chi connectivity index (χ1n) is 16.6. The van der Waals surface area contributed by atoms with Crippen LogP contribution < -0.4 is 0 Å². The van der Waals surface area contributed by atoms with Crippen LogP contribution in [0.1, 0.15) is 51.2 Å². The van der Waals surface area contributed by atoms with Crippen LogP contribution in [0.25, 0.3) is 0 Å². The van der Waals surface area contributed by atoms with E-state index in [9.17, 15) is 8.42 Å². The molecule has 0 saturated carbocycles. The van der Waals surface area contributed by atoms with Gasteiger partial charge >= 0.3 is 0 Å². The van der Waals surface area contributed by atoms with E-state index in [1.807, 2.05) is 36.4 Å². The average Bonchev–Trinajstić information content (AvgIpc) is 3.05. The summed E-state index contributed by atoms with van der Waals surface area (Å²) in [6.45, 7) is 12.5. The highest BCUT2D eigenvalue weighted by molar-refractivity contribution is 7.94. The molecule has 0 amide bonds. The fraction of sp³-hybridized carbons (Fsp3) is 0.474. The van der Waals surface area contributed by atoms with Crippen molar-refractivity contribution in [2.75, 3.05) is 6.61 Å². The summed E-state index contributed by atoms with van der Waals surface area (Å²) in [4.78, 5) is 0.273. The quantitative estimate of drug-likeness (QED) is 0.170. The molecule has 0 radical (unpaired) electrons. The molecule has 6 atom stereocenters. The Balaban J connectivity index is 1.33. The maximum absolute atomic E-state index is 13.0. The predicted octanol–water partition coefficient (Wildman–Crippen LogP) is 7.87. The molecule has 3 aromatic rings. The lowest BCUT2D eigenvalue weighted by Crippen LogP contribution is -2.59. The van der Waals surface area contributed by atoms with E-state index in [0.717, 1.165) is 11.1 Å². The summed E-state index contributed by atoms with van der Waals surface area (Å²) in [5, 5.41) is 1.29. The van der Waals surface area contributed by atoms with Gasteiger partial charge in [0, 0.05) is 18.2 Å². The Hall–Kier alpha value is -2.63. The molecule has 0 unspecified atom stereocenters. The van der Waals surface area contributed by atoms with E-state index in [1.165, 1.54) is 5.41 Å². The molecule has 0 aromatic heterocycles. The number of hydrogen-bond acceptors (Lipinski definition) is 7. The second-order valence-corrected chi connectivity index (χ2v) is 20.7. The summed E-state index contributed by atoms with van der Waals surface area (Å²) in [6.07, 6.45) is 1.94. The molecule has 0 bridgehead atoms. The topological polar surface area (TPSA) is 80.3 Å². The summed E-state index contributed by atoms with van der Waals surface area (Å²) in [7, 11) is -5.75. The van der Waals surface area contributed by atoms with Crippen molar-refractivity contribution in [1.29, 1.82) is 0 Å². The van der Waals surface area contributed by atoms with Gasteiger partial charge in [0.1, 0.15) is 6.10 Å². The van der Waals surface area contributed by atoms with Crippen LogP contribution in [0.5, 0.6) is 0 Å². The number of fused-ring (bicyclic) bond motifs is 1. The highest BCUT2D eigenvalue weighted by Crippen LogP contribution is 2.42. The fourth-order valence-corrected chi connectivity index (χ4v) is 8.25. The molecule has 0 aliphatic carbocycles. The zero-order valence-electron chi connectivity index (χ0n) is 28.3. The molecule has 2 aliphatic rings. The van der Waals surface area contributed by atoms with Crippen molar-refractivity contribution < 1.29 is 31.8 Å². The molecule has 0 spiro atoms. The van der Waals surface area contributed by atoms with Crippen LogP contribution in [-0.4, -0.2) is 60.0 Å². The average molecular weight is 679 g/mol. The van der Waals surface area contributed by atoms with Crippen LogP contribution in [0.3, 0.4) is 0 Å². The Morgan fingerprint density at radius 3 is 1.89 bits per heavy atom. The molecule has 2 heterocycles. The van der Waals surface area contributed by atoms with Crippen LogP contribution in [0, 0.1) is 0 Å². The first-order valence-corrected chi connectivity index (χ1v) is 21.1. The summed E-state index contributed by atoms with van der Waals surface area (Å²) < 4.78 is 59.2. The predicted molar refractivity (Wildman–Crippen MR) is 187 cm³/mol. The zero-order valence-corrected chi connectivity index (χ0v) is 30.1. The van der Waals surface area contributed by atoms with Crippen molar-refractivity contribution in [1.82, 2.24) is 0 Å². The fourth-order valence-electron chi connectivity index (χ4n) is 5.83. The van der Waals surface area contributed by atoms with Crippen molar-refractivity contribution in [3.8, 4) is 0 Å². The lowest BCUT2D eigenvalue weighted by molar-refractivity contribution is -0.256. The lowest BCUT2D eigenvalue weighted by Gasteiger charge is -2.50. The van der Waals surface area contributed by atoms with E-state index in [-0.39, 0.29) is 46.6 Å². The third-order valence-corrected chi connectivity index (χ3v) is 15.5. The first kappa shape index (κ1) is 35.7. The standard InChI is InChI=1S/C38H50O7SSi/c1-38(2,3)47(4,5)45-36-25-35-34(43-32(36)22-15-23-46(39,40)31-20-13-8-14-21-31)24-33(42-27-30-18-11-7-12-19-30)37(44-35)28-41-26-29-16-9-6-10-17-29/h6-21,23,32-37H,22,24-28H2,1-5H3/b23-15-/t32-,33-,34+,35-,36+,37+/m0/s1. The molecule has 0 N–H and O–H groups in total. The third kappa shape index (κ3) is 9.72. The van der Waals surface area contributed by atoms with Crippen molar-refractivity contribution in [3.05, 3.63) is 114 Å². The number of benzene rings is 3. The van der Waals surface area contributed by atoms with Gasteiger partial charge < -0.3 is 23.4 Å². The SMILES string of the molecule is CC(C)(C)[Si](C)(C)O[C@@H]1C[C@@H]2O[C@H](COCc3ccccc3)[C@@H](OCc3ccccc3)C[C@H]2O[C@H]1C/C=C\S(=O)(=O)c1ccccc1. The maximum atomic E-state index is 13.0. The zero-order chi connectivity index (χ0) is 33.5. The summed E-state index contributed by atoms with van der Waals surface area (Å²) >= 11 is 0. The van der Waals surface area contributed by atoms with Crippen molar-refractivity contribution in [2.45, 2.75) is 113 Å². The molecule has 3 aromatic carbocycles. The molecule has 9 heteroatoms. The van der Waals surface area contributed by atoms with Crippen LogP contribution in [0.15, 0.2) is 107 Å². The van der Waals surface area contributed by atoms with E-state index in [1.54, 1.807) is 36.4 Å². The van der Waals surface area contributed by atoms with Crippen LogP contribution in [-0.2, 0) is 46.4 Å². The van der Waals surface area contributed by atoms with E-state index in [2.05, 4.69) is 58.1 Å². The van der Waals surface area contributed by atoms with E-state index >= 15 is 0 Å². The molecule has 2 aliphatic heterocycles. The molecule has 2 saturated heterocycles. The summed E-state index contributed by atoms with van der Waals surface area (Å²) in [5.41, 5.74) is 2.20. The first-order chi connectivity index (χ1) is 22.4. The molecule has 7 nitrogen and oxygen atoms in total. The molecule has 47 heavy (non-hydrogen) atoms. The number of rotatable bonds is 13. The Kier molecular flexibility index (Phi) is 11.9. The normalized spacial score (nSPS) is 25.5. The molecular formula is C38H50O7SSi. The Labute approximate surface area is 282 Å². The number of sulfone groups is 1. The van der Waals surface area contributed by atoms with Gasteiger partial charge in [-0.1, -0.05) is 106 Å². The minimum absolute atomic E-state index is 0.00149. The van der Waals surface area contributed by atoms with Gasteiger partial charge in [0.15, 0.2) is 18.2 Å². The highest BCUT2D eigenvalue weighted by Gasteiger charge is 2.49. The van der Waals surface area contributed by atoms with Crippen molar-refractivity contribution >= 4 is 18.2 Å². The molecule has 254 valence electrons. The van der Waals surface area contributed by atoms with Crippen molar-refractivity contribution in [3.63, 3.8) is 0 Å². The van der Waals surface area contributed by atoms with Gasteiger partial charge in [0.2, 0.25) is 0 Å². The van der Waals surface area contributed by atoms with E-state index in [0.29, 0.717) is 39.1 Å². The van der Waals surface area contributed by atoms with Crippen molar-refractivity contribution in [2.24, 2.45) is 0 Å². The van der Waals surface area contributed by atoms with Crippen LogP contribution >= 0.6 is 0 Å². The van der Waals surface area contributed by atoms with Gasteiger partial charge in [-0.25, -0.2) is 8.42 Å². The van der Waals surface area contributed by atoms with Gasteiger partial charge in [0.25, 0.3) is 0 Å². The van der Waals surface area contributed by atoms with Gasteiger partial charge in [-0.3, -0.25) is 0 Å². The highest BCUT2D eigenvalue weighted by atomic mass is 32.2.